The molecule has 120 valence electrons. The zero-order chi connectivity index (χ0) is 14.7. The Bertz CT molecular complexity index is 226. The van der Waals surface area contributed by atoms with Crippen molar-refractivity contribution in [2.75, 3.05) is 0 Å². The van der Waals surface area contributed by atoms with E-state index in [1.165, 1.54) is 83.5 Å². The van der Waals surface area contributed by atoms with E-state index in [4.69, 9.17) is 0 Å². The van der Waals surface area contributed by atoms with Gasteiger partial charge in [-0.15, -0.1) is 0 Å². The molecule has 2 atom stereocenters. The molecule has 0 aromatic heterocycles. The van der Waals surface area contributed by atoms with Gasteiger partial charge in [0.2, 0.25) is 0 Å². The van der Waals surface area contributed by atoms with Crippen LogP contribution in [0.25, 0.3) is 0 Å². The third-order valence-corrected chi connectivity index (χ3v) is 5.38. The van der Waals surface area contributed by atoms with Crippen molar-refractivity contribution in [2.45, 2.75) is 116 Å². The molecule has 0 heterocycles. The fourth-order valence-corrected chi connectivity index (χ4v) is 3.69. The van der Waals surface area contributed by atoms with Gasteiger partial charge in [-0.25, -0.2) is 0 Å². The predicted molar refractivity (Wildman–Crippen MR) is 89.0 cm³/mol. The van der Waals surface area contributed by atoms with Crippen LogP contribution in [-0.2, 0) is 0 Å². The van der Waals surface area contributed by atoms with E-state index in [-0.39, 0.29) is 5.60 Å². The molecule has 1 N–H and O–H groups in total. The SMILES string of the molecule is CCCCCCCCCCCCC1(O)CCCCC1C. The zero-order valence-electron chi connectivity index (χ0n) is 14.1. The molecule has 1 fully saturated rings. The van der Waals surface area contributed by atoms with Crippen molar-refractivity contribution in [3.05, 3.63) is 0 Å². The van der Waals surface area contributed by atoms with Gasteiger partial charge in [0.15, 0.2) is 0 Å². The van der Waals surface area contributed by atoms with Crippen LogP contribution in [0, 0.1) is 5.92 Å². The van der Waals surface area contributed by atoms with E-state index in [0.717, 1.165) is 12.8 Å². The Morgan fingerprint density at radius 2 is 1.40 bits per heavy atom. The van der Waals surface area contributed by atoms with Gasteiger partial charge in [0, 0.05) is 0 Å². The summed E-state index contributed by atoms with van der Waals surface area (Å²) in [6.45, 7) is 4.52. The summed E-state index contributed by atoms with van der Waals surface area (Å²) in [4.78, 5) is 0. The molecule has 1 nitrogen and oxygen atoms in total. The molecule has 0 amide bonds. The van der Waals surface area contributed by atoms with Crippen molar-refractivity contribution in [1.82, 2.24) is 0 Å². The number of aliphatic hydroxyl groups is 1. The van der Waals surface area contributed by atoms with Crippen LogP contribution in [0.15, 0.2) is 0 Å². The van der Waals surface area contributed by atoms with Crippen LogP contribution in [0.5, 0.6) is 0 Å². The van der Waals surface area contributed by atoms with Crippen molar-refractivity contribution in [1.29, 1.82) is 0 Å². The van der Waals surface area contributed by atoms with Crippen LogP contribution in [0.1, 0.15) is 110 Å². The first-order valence-corrected chi connectivity index (χ1v) is 9.41. The second-order valence-corrected chi connectivity index (χ2v) is 7.18. The van der Waals surface area contributed by atoms with E-state index in [2.05, 4.69) is 13.8 Å². The predicted octanol–water partition coefficient (Wildman–Crippen LogP) is 6.24. The van der Waals surface area contributed by atoms with Crippen LogP contribution in [0.4, 0.5) is 0 Å². The number of unbranched alkanes of at least 4 members (excludes halogenated alkanes) is 9. The van der Waals surface area contributed by atoms with Gasteiger partial charge in [-0.1, -0.05) is 90.9 Å². The fourth-order valence-electron chi connectivity index (χ4n) is 3.69. The average Bonchev–Trinajstić information content (AvgIpc) is 2.44. The lowest BCUT2D eigenvalue weighted by Crippen LogP contribution is -2.38. The maximum Gasteiger partial charge on any atom is 0.0673 e. The van der Waals surface area contributed by atoms with E-state index in [1.807, 2.05) is 0 Å². The van der Waals surface area contributed by atoms with Crippen molar-refractivity contribution in [2.24, 2.45) is 5.92 Å². The van der Waals surface area contributed by atoms with Gasteiger partial charge in [0.05, 0.1) is 5.60 Å². The second-order valence-electron chi connectivity index (χ2n) is 7.18. The molecule has 1 saturated carbocycles. The van der Waals surface area contributed by atoms with Crippen LogP contribution >= 0.6 is 0 Å². The maximum atomic E-state index is 10.7. The molecule has 0 aromatic rings. The molecule has 0 radical (unpaired) electrons. The summed E-state index contributed by atoms with van der Waals surface area (Å²) in [6, 6.07) is 0. The van der Waals surface area contributed by atoms with E-state index >= 15 is 0 Å². The Balaban J connectivity index is 1.91. The molecule has 1 heteroatoms. The monoisotopic (exact) mass is 282 g/mol. The van der Waals surface area contributed by atoms with Gasteiger partial charge in [-0.05, 0) is 25.2 Å². The molecule has 1 aliphatic carbocycles. The van der Waals surface area contributed by atoms with Crippen molar-refractivity contribution >= 4 is 0 Å². The Hall–Kier alpha value is -0.0400. The van der Waals surface area contributed by atoms with Crippen LogP contribution in [0.3, 0.4) is 0 Å². The summed E-state index contributed by atoms with van der Waals surface area (Å²) < 4.78 is 0. The number of hydrogen-bond donors (Lipinski definition) is 1. The van der Waals surface area contributed by atoms with Crippen LogP contribution in [0.2, 0.25) is 0 Å². The van der Waals surface area contributed by atoms with Gasteiger partial charge in [0.25, 0.3) is 0 Å². The maximum absolute atomic E-state index is 10.7. The highest BCUT2D eigenvalue weighted by Gasteiger charge is 2.34. The molecular formula is C19H38O. The number of rotatable bonds is 11. The van der Waals surface area contributed by atoms with E-state index in [0.29, 0.717) is 5.92 Å². The first-order chi connectivity index (χ1) is 9.69. The molecule has 1 rings (SSSR count). The lowest BCUT2D eigenvalue weighted by molar-refractivity contribution is -0.0496. The normalized spacial score (nSPS) is 26.9. The highest BCUT2D eigenvalue weighted by molar-refractivity contribution is 4.87. The van der Waals surface area contributed by atoms with Gasteiger partial charge < -0.3 is 5.11 Å². The lowest BCUT2D eigenvalue weighted by atomic mass is 9.74. The second kappa shape index (κ2) is 10.7. The highest BCUT2D eigenvalue weighted by atomic mass is 16.3. The summed E-state index contributed by atoms with van der Waals surface area (Å²) in [5, 5.41) is 10.7. The quantitative estimate of drug-likeness (QED) is 0.445. The van der Waals surface area contributed by atoms with Gasteiger partial charge in [0.1, 0.15) is 0 Å². The Kier molecular flexibility index (Phi) is 9.59. The Morgan fingerprint density at radius 1 is 0.850 bits per heavy atom. The van der Waals surface area contributed by atoms with Crippen molar-refractivity contribution in [3.8, 4) is 0 Å². The van der Waals surface area contributed by atoms with Crippen molar-refractivity contribution in [3.63, 3.8) is 0 Å². The molecular weight excluding hydrogens is 244 g/mol. The third-order valence-electron chi connectivity index (χ3n) is 5.38. The first-order valence-electron chi connectivity index (χ1n) is 9.41. The average molecular weight is 283 g/mol. The summed E-state index contributed by atoms with van der Waals surface area (Å²) in [7, 11) is 0. The molecule has 0 spiro atoms. The van der Waals surface area contributed by atoms with E-state index in [1.54, 1.807) is 0 Å². The minimum atomic E-state index is -0.321. The summed E-state index contributed by atoms with van der Waals surface area (Å²) >= 11 is 0. The molecule has 20 heavy (non-hydrogen) atoms. The number of hydrogen-bond acceptors (Lipinski definition) is 1. The Morgan fingerprint density at radius 3 is 1.95 bits per heavy atom. The Labute approximate surface area is 127 Å². The molecule has 0 aromatic carbocycles. The van der Waals surface area contributed by atoms with Gasteiger partial charge in [-0.2, -0.15) is 0 Å². The minimum Gasteiger partial charge on any atom is -0.390 e. The summed E-state index contributed by atoms with van der Waals surface area (Å²) in [6.07, 6.45) is 19.7. The minimum absolute atomic E-state index is 0.321. The van der Waals surface area contributed by atoms with Gasteiger partial charge in [-0.3, -0.25) is 0 Å². The fraction of sp³-hybridized carbons (Fsp3) is 1.00. The molecule has 0 aliphatic heterocycles. The summed E-state index contributed by atoms with van der Waals surface area (Å²) in [5.74, 6) is 0.523. The van der Waals surface area contributed by atoms with E-state index < -0.39 is 0 Å². The van der Waals surface area contributed by atoms with Crippen molar-refractivity contribution < 1.29 is 5.11 Å². The lowest BCUT2D eigenvalue weighted by Gasteiger charge is -2.38. The molecule has 1 aliphatic rings. The van der Waals surface area contributed by atoms with Gasteiger partial charge >= 0.3 is 0 Å². The molecule has 0 saturated heterocycles. The standard InChI is InChI=1S/C19H38O/c1-3-4-5-6-7-8-9-10-11-13-16-19(20)17-14-12-15-18(19)2/h18,20H,3-17H2,1-2H3. The highest BCUT2D eigenvalue weighted by Crippen LogP contribution is 2.37. The third kappa shape index (κ3) is 7.11. The summed E-state index contributed by atoms with van der Waals surface area (Å²) in [5.41, 5.74) is -0.321. The van der Waals surface area contributed by atoms with Crippen LogP contribution < -0.4 is 0 Å². The first kappa shape index (κ1) is 18.0. The topological polar surface area (TPSA) is 20.2 Å². The van der Waals surface area contributed by atoms with E-state index in [9.17, 15) is 5.11 Å². The smallest absolute Gasteiger partial charge is 0.0673 e. The largest absolute Gasteiger partial charge is 0.390 e. The molecule has 0 bridgehead atoms. The zero-order valence-corrected chi connectivity index (χ0v) is 14.1. The van der Waals surface area contributed by atoms with Crippen LogP contribution in [-0.4, -0.2) is 10.7 Å². The molecule has 2 unspecified atom stereocenters.